The van der Waals surface area contributed by atoms with E-state index in [9.17, 15) is 36.9 Å². The Balaban J connectivity index is 3.46. The van der Waals surface area contributed by atoms with Gasteiger partial charge in [0.2, 0.25) is 5.69 Å². The molecule has 0 amide bonds. The number of carbonyl (C=O) groups excluding carboxylic acids is 1. The van der Waals surface area contributed by atoms with Crippen molar-refractivity contribution in [2.75, 3.05) is 6.61 Å². The summed E-state index contributed by atoms with van der Waals surface area (Å²) in [5, 5.41) is 10.6. The Morgan fingerprint density at radius 2 is 2.04 bits per heavy atom. The molecule has 1 aromatic rings. The van der Waals surface area contributed by atoms with Crippen molar-refractivity contribution in [2.24, 2.45) is 0 Å². The van der Waals surface area contributed by atoms with Crippen LogP contribution < -0.4 is 4.74 Å². The van der Waals surface area contributed by atoms with Crippen LogP contribution in [0.15, 0.2) is 6.07 Å². The zero-order valence-corrected chi connectivity index (χ0v) is 11.4. The third kappa shape index (κ3) is 5.30. The molecule has 0 aromatic carbocycles. The summed E-state index contributed by atoms with van der Waals surface area (Å²) in [6.07, 6.45) is -9.78. The van der Waals surface area contributed by atoms with Gasteiger partial charge in [-0.2, -0.15) is 0 Å². The summed E-state index contributed by atoms with van der Waals surface area (Å²) in [6, 6.07) is 0.216. The Hall–Kier alpha value is -2.53. The minimum absolute atomic E-state index is 0.140. The molecule has 1 aromatic heterocycles. The van der Waals surface area contributed by atoms with Crippen molar-refractivity contribution in [3.8, 4) is 5.75 Å². The standard InChI is InChI=1S/C11H9F5N2O5/c1-2-22-8(19)3-5-6(23-11(14,15)16)4-7(18(20)21)17-9(5)10(12)13/h4,10H,2-3H2,1H3. The number of pyridine rings is 1. The van der Waals surface area contributed by atoms with E-state index >= 15 is 0 Å². The molecule has 0 radical (unpaired) electrons. The van der Waals surface area contributed by atoms with Crippen molar-refractivity contribution < 1.29 is 41.1 Å². The summed E-state index contributed by atoms with van der Waals surface area (Å²) < 4.78 is 70.9. The average molecular weight is 344 g/mol. The smallest absolute Gasteiger partial charge is 0.466 e. The number of esters is 1. The fraction of sp³-hybridized carbons (Fsp3) is 0.455. The highest BCUT2D eigenvalue weighted by Gasteiger charge is 2.37. The lowest BCUT2D eigenvalue weighted by atomic mass is 10.1. The minimum Gasteiger partial charge on any atom is -0.466 e. The molecule has 0 aliphatic heterocycles. The highest BCUT2D eigenvalue weighted by atomic mass is 19.4. The Labute approximate surface area is 125 Å². The fourth-order valence-electron chi connectivity index (χ4n) is 1.58. The average Bonchev–Trinajstić information content (AvgIpc) is 2.38. The lowest BCUT2D eigenvalue weighted by Crippen LogP contribution is -2.21. The second-order valence-corrected chi connectivity index (χ2v) is 3.93. The number of hydrogen-bond acceptors (Lipinski definition) is 6. The molecule has 12 heteroatoms. The molecule has 0 bridgehead atoms. The molecule has 0 aliphatic rings. The number of hydrogen-bond donors (Lipinski definition) is 0. The summed E-state index contributed by atoms with van der Waals surface area (Å²) in [6.45, 7) is 1.26. The second-order valence-electron chi connectivity index (χ2n) is 3.93. The number of ether oxygens (including phenoxy) is 2. The Bertz CT molecular complexity index is 605. The molecule has 23 heavy (non-hydrogen) atoms. The van der Waals surface area contributed by atoms with Gasteiger partial charge in [-0.25, -0.2) is 8.78 Å². The van der Waals surface area contributed by atoms with Crippen LogP contribution in [0.25, 0.3) is 0 Å². The zero-order chi connectivity index (χ0) is 17.8. The van der Waals surface area contributed by atoms with E-state index in [-0.39, 0.29) is 12.7 Å². The first-order chi connectivity index (χ1) is 10.5. The van der Waals surface area contributed by atoms with Crippen LogP contribution in [0.1, 0.15) is 24.6 Å². The maximum Gasteiger partial charge on any atom is 0.573 e. The van der Waals surface area contributed by atoms with Gasteiger partial charge in [-0.05, 0) is 16.8 Å². The summed E-state index contributed by atoms with van der Waals surface area (Å²) in [7, 11) is 0. The highest BCUT2D eigenvalue weighted by Crippen LogP contribution is 2.35. The topological polar surface area (TPSA) is 91.6 Å². The van der Waals surface area contributed by atoms with E-state index < -0.39 is 52.9 Å². The largest absolute Gasteiger partial charge is 0.573 e. The van der Waals surface area contributed by atoms with Crippen molar-refractivity contribution in [1.29, 1.82) is 0 Å². The van der Waals surface area contributed by atoms with E-state index in [1.54, 1.807) is 0 Å². The summed E-state index contributed by atoms with van der Waals surface area (Å²) in [5.74, 6) is -3.69. The van der Waals surface area contributed by atoms with Gasteiger partial charge in [-0.3, -0.25) is 4.79 Å². The van der Waals surface area contributed by atoms with Crippen molar-refractivity contribution in [3.05, 3.63) is 27.4 Å². The van der Waals surface area contributed by atoms with Crippen molar-refractivity contribution in [2.45, 2.75) is 26.1 Å². The van der Waals surface area contributed by atoms with Crippen LogP contribution >= 0.6 is 0 Å². The minimum atomic E-state index is -5.31. The van der Waals surface area contributed by atoms with Crippen molar-refractivity contribution >= 4 is 11.8 Å². The van der Waals surface area contributed by atoms with Gasteiger partial charge < -0.3 is 19.6 Å². The quantitative estimate of drug-likeness (QED) is 0.341. The number of alkyl halides is 5. The number of halogens is 5. The van der Waals surface area contributed by atoms with Crippen LogP contribution in [0.4, 0.5) is 27.8 Å². The molecular formula is C11H9F5N2O5. The first-order valence-electron chi connectivity index (χ1n) is 5.92. The van der Waals surface area contributed by atoms with Crippen LogP contribution in [-0.4, -0.2) is 28.8 Å². The molecule has 0 saturated carbocycles. The molecule has 0 unspecified atom stereocenters. The second kappa shape index (κ2) is 7.15. The van der Waals surface area contributed by atoms with Crippen molar-refractivity contribution in [3.63, 3.8) is 0 Å². The number of rotatable bonds is 6. The molecular weight excluding hydrogens is 335 g/mol. The highest BCUT2D eigenvalue weighted by molar-refractivity contribution is 5.74. The molecule has 0 aliphatic carbocycles. The fourth-order valence-corrected chi connectivity index (χ4v) is 1.58. The molecule has 0 atom stereocenters. The van der Waals surface area contributed by atoms with Gasteiger partial charge in [0, 0.05) is 0 Å². The van der Waals surface area contributed by atoms with Crippen molar-refractivity contribution in [1.82, 2.24) is 4.98 Å². The summed E-state index contributed by atoms with van der Waals surface area (Å²) in [4.78, 5) is 23.7. The Kier molecular flexibility index (Phi) is 5.76. The number of nitrogens with zero attached hydrogens (tertiary/aromatic N) is 2. The van der Waals surface area contributed by atoms with Crippen LogP contribution in [-0.2, 0) is 16.0 Å². The van der Waals surface area contributed by atoms with E-state index in [2.05, 4.69) is 14.5 Å². The molecule has 0 N–H and O–H groups in total. The van der Waals surface area contributed by atoms with Gasteiger partial charge in [0.1, 0.15) is 5.75 Å². The van der Waals surface area contributed by atoms with Gasteiger partial charge in [-0.1, -0.05) is 0 Å². The number of nitro groups is 1. The normalized spacial score (nSPS) is 11.4. The van der Waals surface area contributed by atoms with Crippen LogP contribution in [0.5, 0.6) is 5.75 Å². The van der Waals surface area contributed by atoms with Gasteiger partial charge >= 0.3 is 24.6 Å². The van der Waals surface area contributed by atoms with Gasteiger partial charge in [0.05, 0.1) is 24.7 Å². The number of carbonyl (C=O) groups is 1. The third-order valence-electron chi connectivity index (χ3n) is 2.35. The first-order valence-corrected chi connectivity index (χ1v) is 5.92. The van der Waals surface area contributed by atoms with E-state index in [4.69, 9.17) is 0 Å². The molecule has 1 rings (SSSR count). The van der Waals surface area contributed by atoms with Gasteiger partial charge in [0.15, 0.2) is 0 Å². The van der Waals surface area contributed by atoms with E-state index in [0.717, 1.165) is 0 Å². The van der Waals surface area contributed by atoms with Crippen LogP contribution in [0.2, 0.25) is 0 Å². The Morgan fingerprint density at radius 1 is 1.43 bits per heavy atom. The lowest BCUT2D eigenvalue weighted by Gasteiger charge is -2.14. The number of aromatic nitrogens is 1. The Morgan fingerprint density at radius 3 is 2.48 bits per heavy atom. The predicted molar refractivity (Wildman–Crippen MR) is 62.9 cm³/mol. The third-order valence-corrected chi connectivity index (χ3v) is 2.35. The molecule has 128 valence electrons. The molecule has 0 fully saturated rings. The SMILES string of the molecule is CCOC(=O)Cc1c(OC(F)(F)F)cc([N+](=O)[O-])nc1C(F)F. The van der Waals surface area contributed by atoms with Gasteiger partial charge in [0.25, 0.3) is 0 Å². The zero-order valence-electron chi connectivity index (χ0n) is 11.4. The van der Waals surface area contributed by atoms with E-state index in [0.29, 0.717) is 0 Å². The molecule has 7 nitrogen and oxygen atoms in total. The van der Waals surface area contributed by atoms with Crippen LogP contribution in [0, 0.1) is 10.1 Å². The summed E-state index contributed by atoms with van der Waals surface area (Å²) in [5.41, 5.74) is -2.28. The maximum atomic E-state index is 12.9. The van der Waals surface area contributed by atoms with Crippen LogP contribution in [0.3, 0.4) is 0 Å². The molecule has 0 saturated heterocycles. The molecule has 0 spiro atoms. The van der Waals surface area contributed by atoms with E-state index in [1.165, 1.54) is 6.92 Å². The lowest BCUT2D eigenvalue weighted by molar-refractivity contribution is -0.390. The maximum absolute atomic E-state index is 12.9. The first kappa shape index (κ1) is 18.5. The van der Waals surface area contributed by atoms with E-state index in [1.807, 2.05) is 0 Å². The summed E-state index contributed by atoms with van der Waals surface area (Å²) >= 11 is 0. The predicted octanol–water partition coefficient (Wildman–Crippen LogP) is 2.93. The van der Waals surface area contributed by atoms with Gasteiger partial charge in [-0.15, -0.1) is 13.2 Å². The molecule has 1 heterocycles. The monoisotopic (exact) mass is 344 g/mol.